The number of benzene rings is 1. The van der Waals surface area contributed by atoms with Crippen molar-refractivity contribution in [3.63, 3.8) is 0 Å². The number of hydrogen-bond acceptors (Lipinski definition) is 3. The van der Waals surface area contributed by atoms with Gasteiger partial charge in [0, 0.05) is 29.7 Å². The van der Waals surface area contributed by atoms with Gasteiger partial charge in [0.15, 0.2) is 5.65 Å². The molecule has 0 spiro atoms. The molecule has 0 saturated carbocycles. The molecular formula is C19H24N4. The van der Waals surface area contributed by atoms with E-state index in [0.717, 1.165) is 28.8 Å². The minimum absolute atomic E-state index is 0.374. The zero-order valence-electron chi connectivity index (χ0n) is 14.5. The quantitative estimate of drug-likeness (QED) is 0.729. The van der Waals surface area contributed by atoms with E-state index in [9.17, 15) is 0 Å². The van der Waals surface area contributed by atoms with E-state index in [4.69, 9.17) is 4.98 Å². The Balaban J connectivity index is 2.08. The molecule has 4 heteroatoms. The Kier molecular flexibility index (Phi) is 4.18. The molecule has 0 aliphatic carbocycles. The van der Waals surface area contributed by atoms with E-state index in [-0.39, 0.29) is 0 Å². The standard InChI is InChI=1S/C19H24N4/c1-6-23-12-17-13(2)10-18(20-19(17)21-23)16-9-7-8-15(11-16)14(3)22(4)5/h7-12,14H,6H2,1-5H3. The van der Waals surface area contributed by atoms with Gasteiger partial charge in [-0.25, -0.2) is 4.98 Å². The largest absolute Gasteiger partial charge is 0.303 e. The highest BCUT2D eigenvalue weighted by Gasteiger charge is 2.12. The van der Waals surface area contributed by atoms with E-state index in [0.29, 0.717) is 6.04 Å². The molecule has 0 aliphatic rings. The Morgan fingerprint density at radius 2 is 2.00 bits per heavy atom. The molecule has 0 amide bonds. The van der Waals surface area contributed by atoms with Crippen molar-refractivity contribution in [1.82, 2.24) is 19.7 Å². The molecule has 4 nitrogen and oxygen atoms in total. The van der Waals surface area contributed by atoms with Crippen LogP contribution in [0.5, 0.6) is 0 Å². The molecule has 0 N–H and O–H groups in total. The van der Waals surface area contributed by atoms with Gasteiger partial charge in [-0.1, -0.05) is 18.2 Å². The fourth-order valence-corrected chi connectivity index (χ4v) is 2.77. The van der Waals surface area contributed by atoms with Crippen LogP contribution in [0.25, 0.3) is 22.3 Å². The third kappa shape index (κ3) is 2.99. The van der Waals surface area contributed by atoms with Crippen LogP contribution >= 0.6 is 0 Å². The zero-order valence-corrected chi connectivity index (χ0v) is 14.5. The highest BCUT2D eigenvalue weighted by atomic mass is 15.3. The number of nitrogens with zero attached hydrogens (tertiary/aromatic N) is 4. The summed E-state index contributed by atoms with van der Waals surface area (Å²) in [6.07, 6.45) is 2.08. The second-order valence-electron chi connectivity index (χ2n) is 6.31. The van der Waals surface area contributed by atoms with Gasteiger partial charge in [-0.2, -0.15) is 5.10 Å². The summed E-state index contributed by atoms with van der Waals surface area (Å²) in [7, 11) is 4.20. The molecule has 0 bridgehead atoms. The SMILES string of the molecule is CCn1cc2c(C)cc(-c3cccc(C(C)N(C)C)c3)nc2n1. The topological polar surface area (TPSA) is 34.0 Å². The molecule has 1 atom stereocenters. The van der Waals surface area contributed by atoms with Crippen molar-refractivity contribution < 1.29 is 0 Å². The lowest BCUT2D eigenvalue weighted by molar-refractivity contribution is 0.321. The summed E-state index contributed by atoms with van der Waals surface area (Å²) in [6.45, 7) is 7.29. The van der Waals surface area contributed by atoms with Crippen molar-refractivity contribution in [2.45, 2.75) is 33.4 Å². The van der Waals surface area contributed by atoms with Gasteiger partial charge in [0.05, 0.1) is 5.69 Å². The molecule has 1 unspecified atom stereocenters. The van der Waals surface area contributed by atoms with E-state index >= 15 is 0 Å². The van der Waals surface area contributed by atoms with Gasteiger partial charge in [-0.3, -0.25) is 4.68 Å². The Morgan fingerprint density at radius 3 is 2.70 bits per heavy atom. The van der Waals surface area contributed by atoms with Gasteiger partial charge < -0.3 is 4.90 Å². The third-order valence-electron chi connectivity index (χ3n) is 4.51. The van der Waals surface area contributed by atoms with Crippen molar-refractivity contribution in [2.24, 2.45) is 0 Å². The van der Waals surface area contributed by atoms with E-state index in [1.54, 1.807) is 0 Å². The Hall–Kier alpha value is -2.20. The molecule has 1 aromatic carbocycles. The molecule has 2 heterocycles. The highest BCUT2D eigenvalue weighted by Crippen LogP contribution is 2.27. The first-order valence-corrected chi connectivity index (χ1v) is 8.11. The number of aryl methyl sites for hydroxylation is 2. The monoisotopic (exact) mass is 308 g/mol. The van der Waals surface area contributed by atoms with E-state index in [1.807, 2.05) is 4.68 Å². The number of rotatable bonds is 4. The summed E-state index contributed by atoms with van der Waals surface area (Å²) >= 11 is 0. The second kappa shape index (κ2) is 6.13. The average molecular weight is 308 g/mol. The summed E-state index contributed by atoms with van der Waals surface area (Å²) in [5, 5.41) is 5.69. The van der Waals surface area contributed by atoms with Gasteiger partial charge >= 0.3 is 0 Å². The van der Waals surface area contributed by atoms with E-state index in [1.165, 1.54) is 11.1 Å². The molecule has 3 aromatic rings. The van der Waals surface area contributed by atoms with Crippen LogP contribution in [-0.2, 0) is 6.54 Å². The lowest BCUT2D eigenvalue weighted by Gasteiger charge is -2.20. The van der Waals surface area contributed by atoms with Gasteiger partial charge in [-0.15, -0.1) is 0 Å². The van der Waals surface area contributed by atoms with Crippen LogP contribution in [0.15, 0.2) is 36.5 Å². The zero-order chi connectivity index (χ0) is 16.6. The summed E-state index contributed by atoms with van der Waals surface area (Å²) < 4.78 is 1.94. The van der Waals surface area contributed by atoms with E-state index in [2.05, 4.69) is 81.4 Å². The predicted molar refractivity (Wildman–Crippen MR) is 95.5 cm³/mol. The normalized spacial score (nSPS) is 13.0. The van der Waals surface area contributed by atoms with Crippen molar-refractivity contribution in [1.29, 1.82) is 0 Å². The van der Waals surface area contributed by atoms with Crippen molar-refractivity contribution in [3.8, 4) is 11.3 Å². The Morgan fingerprint density at radius 1 is 1.22 bits per heavy atom. The van der Waals surface area contributed by atoms with Crippen LogP contribution in [0.4, 0.5) is 0 Å². The van der Waals surface area contributed by atoms with Crippen LogP contribution in [0.1, 0.15) is 31.0 Å². The van der Waals surface area contributed by atoms with Gasteiger partial charge in [0.2, 0.25) is 0 Å². The summed E-state index contributed by atoms with van der Waals surface area (Å²) in [5.41, 5.74) is 5.48. The van der Waals surface area contributed by atoms with Gasteiger partial charge in [-0.05, 0) is 58.1 Å². The summed E-state index contributed by atoms with van der Waals surface area (Å²) in [4.78, 5) is 6.99. The molecule has 0 radical (unpaired) electrons. The molecule has 2 aromatic heterocycles. The predicted octanol–water partition coefficient (Wildman–Crippen LogP) is 4.05. The smallest absolute Gasteiger partial charge is 0.181 e. The molecule has 120 valence electrons. The first-order valence-electron chi connectivity index (χ1n) is 8.11. The van der Waals surface area contributed by atoms with Crippen LogP contribution in [0.2, 0.25) is 0 Å². The lowest BCUT2D eigenvalue weighted by atomic mass is 10.0. The molecule has 0 saturated heterocycles. The van der Waals surface area contributed by atoms with Crippen LogP contribution in [-0.4, -0.2) is 33.8 Å². The number of fused-ring (bicyclic) bond motifs is 1. The number of pyridine rings is 1. The molecule has 0 fully saturated rings. The summed E-state index contributed by atoms with van der Waals surface area (Å²) in [6, 6.07) is 11.2. The first-order chi connectivity index (χ1) is 11.0. The molecule has 3 rings (SSSR count). The first kappa shape index (κ1) is 15.7. The van der Waals surface area contributed by atoms with Crippen molar-refractivity contribution in [3.05, 3.63) is 47.7 Å². The van der Waals surface area contributed by atoms with Crippen LogP contribution in [0, 0.1) is 6.92 Å². The van der Waals surface area contributed by atoms with Crippen LogP contribution in [0.3, 0.4) is 0 Å². The maximum absolute atomic E-state index is 4.77. The third-order valence-corrected chi connectivity index (χ3v) is 4.51. The van der Waals surface area contributed by atoms with Gasteiger partial charge in [0.1, 0.15) is 0 Å². The summed E-state index contributed by atoms with van der Waals surface area (Å²) in [5.74, 6) is 0. The van der Waals surface area contributed by atoms with Gasteiger partial charge in [0.25, 0.3) is 0 Å². The lowest BCUT2D eigenvalue weighted by Crippen LogP contribution is -2.16. The number of hydrogen-bond donors (Lipinski definition) is 0. The number of aromatic nitrogens is 3. The Labute approximate surface area is 137 Å². The van der Waals surface area contributed by atoms with Crippen molar-refractivity contribution >= 4 is 11.0 Å². The maximum atomic E-state index is 4.77. The van der Waals surface area contributed by atoms with Crippen LogP contribution < -0.4 is 0 Å². The molecule has 0 aliphatic heterocycles. The Bertz CT molecular complexity index is 833. The van der Waals surface area contributed by atoms with Crippen molar-refractivity contribution in [2.75, 3.05) is 14.1 Å². The minimum Gasteiger partial charge on any atom is -0.303 e. The highest BCUT2D eigenvalue weighted by molar-refractivity contribution is 5.81. The molecular weight excluding hydrogens is 284 g/mol. The average Bonchev–Trinajstić information content (AvgIpc) is 2.98. The fraction of sp³-hybridized carbons (Fsp3) is 0.368. The minimum atomic E-state index is 0.374. The molecule has 23 heavy (non-hydrogen) atoms. The van der Waals surface area contributed by atoms with E-state index < -0.39 is 0 Å². The fourth-order valence-electron chi connectivity index (χ4n) is 2.77. The second-order valence-corrected chi connectivity index (χ2v) is 6.31. The maximum Gasteiger partial charge on any atom is 0.181 e.